The molecule has 0 saturated carbocycles. The van der Waals surface area contributed by atoms with Crippen LogP contribution in [0.4, 0.5) is 11.4 Å². The number of carbonyl (C=O) groups is 2. The van der Waals surface area contributed by atoms with Crippen molar-refractivity contribution in [1.82, 2.24) is 0 Å². The average Bonchev–Trinajstić information content (AvgIpc) is 2.53. The number of anilines is 1. The zero-order valence-electron chi connectivity index (χ0n) is 15.8. The highest BCUT2D eigenvalue weighted by Gasteiger charge is 2.32. The average molecular weight is 356 g/mol. The van der Waals surface area contributed by atoms with E-state index in [1.165, 1.54) is 6.21 Å². The molecular weight excluding hydrogens is 328 g/mol. The zero-order valence-corrected chi connectivity index (χ0v) is 15.8. The molecule has 0 heterocycles. The normalized spacial score (nSPS) is 17.0. The Morgan fingerprint density at radius 3 is 2.77 bits per heavy atom. The summed E-state index contributed by atoms with van der Waals surface area (Å²) in [7, 11) is 0. The van der Waals surface area contributed by atoms with Crippen molar-refractivity contribution in [1.29, 1.82) is 0 Å². The number of nitrogens with zero attached hydrogens (tertiary/aromatic N) is 1. The van der Waals surface area contributed by atoms with Crippen molar-refractivity contribution in [3.05, 3.63) is 35.6 Å². The molecular formula is C21H28N2O3. The van der Waals surface area contributed by atoms with E-state index in [-0.39, 0.29) is 28.4 Å². The third-order valence-corrected chi connectivity index (χ3v) is 4.38. The molecule has 0 aliphatic heterocycles. The highest BCUT2D eigenvalue weighted by Crippen LogP contribution is 2.35. The predicted molar refractivity (Wildman–Crippen MR) is 105 cm³/mol. The Morgan fingerprint density at radius 2 is 2.08 bits per heavy atom. The maximum Gasteiger partial charge on any atom is 0.224 e. The Kier molecular flexibility index (Phi) is 6.72. The molecule has 0 unspecified atom stereocenters. The number of hydrogen-bond donors (Lipinski definition) is 2. The molecule has 1 aliphatic rings. The van der Waals surface area contributed by atoms with E-state index in [4.69, 9.17) is 0 Å². The highest BCUT2D eigenvalue weighted by atomic mass is 16.3. The number of ketones is 1. The Bertz CT molecular complexity index is 733. The van der Waals surface area contributed by atoms with Crippen molar-refractivity contribution < 1.29 is 14.7 Å². The van der Waals surface area contributed by atoms with Gasteiger partial charge in [-0.15, -0.1) is 0 Å². The second kappa shape index (κ2) is 8.79. The number of aliphatic hydroxyl groups is 1. The van der Waals surface area contributed by atoms with Gasteiger partial charge in [0.05, 0.1) is 11.3 Å². The fourth-order valence-corrected chi connectivity index (χ4v) is 3.01. The molecule has 0 aromatic heterocycles. The van der Waals surface area contributed by atoms with Crippen LogP contribution in [0, 0.1) is 5.41 Å². The molecule has 0 saturated heterocycles. The third-order valence-electron chi connectivity index (χ3n) is 4.38. The summed E-state index contributed by atoms with van der Waals surface area (Å²) < 4.78 is 0. The van der Waals surface area contributed by atoms with Gasteiger partial charge < -0.3 is 10.4 Å². The van der Waals surface area contributed by atoms with Crippen molar-refractivity contribution in [2.24, 2.45) is 10.4 Å². The van der Waals surface area contributed by atoms with Gasteiger partial charge in [0.15, 0.2) is 5.78 Å². The van der Waals surface area contributed by atoms with Crippen LogP contribution in [0.2, 0.25) is 0 Å². The lowest BCUT2D eigenvalue weighted by atomic mass is 9.77. The largest absolute Gasteiger partial charge is 0.511 e. The van der Waals surface area contributed by atoms with E-state index in [9.17, 15) is 14.7 Å². The third kappa shape index (κ3) is 5.83. The SMILES string of the molecule is CCCCCC(=O)Nc1cccc(N=CC2=C(O)CC(C)(C)CC2=O)c1. The quantitative estimate of drug-likeness (QED) is 0.526. The molecule has 2 N–H and O–H groups in total. The van der Waals surface area contributed by atoms with E-state index in [2.05, 4.69) is 17.2 Å². The Morgan fingerprint density at radius 1 is 1.31 bits per heavy atom. The molecule has 0 atom stereocenters. The number of rotatable bonds is 7. The fourth-order valence-electron chi connectivity index (χ4n) is 3.01. The number of unbranched alkanes of at least 4 members (excludes halogenated alkanes) is 2. The topological polar surface area (TPSA) is 78.8 Å². The number of nitrogens with one attached hydrogen (secondary N) is 1. The van der Waals surface area contributed by atoms with Crippen LogP contribution in [-0.4, -0.2) is 23.0 Å². The number of amides is 1. The summed E-state index contributed by atoms with van der Waals surface area (Å²) in [5.74, 6) is -0.0112. The maximum absolute atomic E-state index is 12.2. The molecule has 5 nitrogen and oxygen atoms in total. The number of benzene rings is 1. The van der Waals surface area contributed by atoms with Crippen LogP contribution in [0.1, 0.15) is 59.3 Å². The van der Waals surface area contributed by atoms with Gasteiger partial charge in [-0.1, -0.05) is 39.7 Å². The van der Waals surface area contributed by atoms with Crippen LogP contribution < -0.4 is 5.32 Å². The van der Waals surface area contributed by atoms with Crippen molar-refractivity contribution >= 4 is 29.3 Å². The van der Waals surface area contributed by atoms with Crippen LogP contribution in [0.15, 0.2) is 40.6 Å². The van der Waals surface area contributed by atoms with E-state index in [1.54, 1.807) is 18.2 Å². The minimum atomic E-state index is -0.222. The summed E-state index contributed by atoms with van der Waals surface area (Å²) in [4.78, 5) is 28.4. The van der Waals surface area contributed by atoms with E-state index >= 15 is 0 Å². The Hall–Kier alpha value is -2.43. The lowest BCUT2D eigenvalue weighted by Gasteiger charge is -2.28. The molecule has 26 heavy (non-hydrogen) atoms. The number of hydrogen-bond acceptors (Lipinski definition) is 4. The van der Waals surface area contributed by atoms with Crippen molar-refractivity contribution in [3.8, 4) is 0 Å². The number of aliphatic hydroxyl groups excluding tert-OH is 1. The van der Waals surface area contributed by atoms with Gasteiger partial charge in [0, 0.05) is 31.2 Å². The van der Waals surface area contributed by atoms with Crippen LogP contribution in [0.5, 0.6) is 0 Å². The molecule has 1 amide bonds. The molecule has 1 aliphatic carbocycles. The van der Waals surface area contributed by atoms with Crippen LogP contribution in [-0.2, 0) is 9.59 Å². The first-order valence-corrected chi connectivity index (χ1v) is 9.20. The number of carbonyl (C=O) groups excluding carboxylic acids is 2. The van der Waals surface area contributed by atoms with Crippen LogP contribution in [0.3, 0.4) is 0 Å². The van der Waals surface area contributed by atoms with Gasteiger partial charge in [-0.05, 0) is 30.0 Å². The van der Waals surface area contributed by atoms with E-state index in [0.717, 1.165) is 19.3 Å². The minimum absolute atomic E-state index is 0.00961. The zero-order chi connectivity index (χ0) is 19.2. The fraction of sp³-hybridized carbons (Fsp3) is 0.476. The molecule has 1 aromatic rings. The minimum Gasteiger partial charge on any atom is -0.511 e. The number of allylic oxidation sites excluding steroid dienone is 2. The van der Waals surface area contributed by atoms with Gasteiger partial charge in [0.25, 0.3) is 0 Å². The predicted octanol–water partition coefficient (Wildman–Crippen LogP) is 5.11. The first-order valence-electron chi connectivity index (χ1n) is 9.20. The van der Waals surface area contributed by atoms with Gasteiger partial charge in [-0.2, -0.15) is 0 Å². The van der Waals surface area contributed by atoms with E-state index in [0.29, 0.717) is 30.6 Å². The molecule has 0 radical (unpaired) electrons. The van der Waals surface area contributed by atoms with Crippen LogP contribution in [0.25, 0.3) is 0 Å². The summed E-state index contributed by atoms with van der Waals surface area (Å²) in [6.07, 6.45) is 5.80. The standard InChI is InChI=1S/C21H28N2O3/c1-4-5-6-10-20(26)23-16-9-7-8-15(11-16)22-14-17-18(24)12-21(2,3)13-19(17)25/h7-9,11,14,24H,4-6,10,12-13H2,1-3H3,(H,23,26). The summed E-state index contributed by atoms with van der Waals surface area (Å²) >= 11 is 0. The number of aliphatic imine (C=N–C) groups is 1. The van der Waals surface area contributed by atoms with Gasteiger partial charge in [-0.25, -0.2) is 0 Å². The summed E-state index contributed by atoms with van der Waals surface area (Å²) in [5, 5.41) is 13.0. The number of Topliss-reactive ketones (excluding diaryl/α,β-unsaturated/α-hetero) is 1. The van der Waals surface area contributed by atoms with Crippen molar-refractivity contribution in [2.75, 3.05) is 5.32 Å². The monoisotopic (exact) mass is 356 g/mol. The molecule has 1 aromatic carbocycles. The molecule has 5 heteroatoms. The van der Waals surface area contributed by atoms with Gasteiger partial charge in [0.1, 0.15) is 5.76 Å². The highest BCUT2D eigenvalue weighted by molar-refractivity contribution is 6.14. The molecule has 0 spiro atoms. The molecule has 140 valence electrons. The summed E-state index contributed by atoms with van der Waals surface area (Å²) in [6.45, 7) is 6.02. The lowest BCUT2D eigenvalue weighted by molar-refractivity contribution is -0.118. The van der Waals surface area contributed by atoms with E-state index in [1.807, 2.05) is 19.9 Å². The van der Waals surface area contributed by atoms with Gasteiger partial charge >= 0.3 is 0 Å². The summed E-state index contributed by atoms with van der Waals surface area (Å²) in [6, 6.07) is 7.15. The molecule has 0 fully saturated rings. The molecule has 0 bridgehead atoms. The lowest BCUT2D eigenvalue weighted by Crippen LogP contribution is -2.26. The van der Waals surface area contributed by atoms with Gasteiger partial charge in [-0.3, -0.25) is 14.6 Å². The van der Waals surface area contributed by atoms with E-state index < -0.39 is 0 Å². The van der Waals surface area contributed by atoms with Crippen molar-refractivity contribution in [3.63, 3.8) is 0 Å². The first-order chi connectivity index (χ1) is 12.3. The molecule has 2 rings (SSSR count). The smallest absolute Gasteiger partial charge is 0.224 e. The van der Waals surface area contributed by atoms with Crippen LogP contribution >= 0.6 is 0 Å². The second-order valence-corrected chi connectivity index (χ2v) is 7.62. The second-order valence-electron chi connectivity index (χ2n) is 7.62. The first kappa shape index (κ1) is 19.9. The van der Waals surface area contributed by atoms with Crippen molar-refractivity contribution in [2.45, 2.75) is 59.3 Å². The Balaban J connectivity index is 2.05. The summed E-state index contributed by atoms with van der Waals surface area (Å²) in [5.41, 5.74) is 1.35. The Labute approximate surface area is 155 Å². The maximum atomic E-state index is 12.2. The van der Waals surface area contributed by atoms with Gasteiger partial charge in [0.2, 0.25) is 5.91 Å².